The summed E-state index contributed by atoms with van der Waals surface area (Å²) in [5, 5.41) is 3.02. The van der Waals surface area contributed by atoms with Crippen molar-refractivity contribution >= 4 is 11.8 Å². The first-order valence-electron chi connectivity index (χ1n) is 12.4. The van der Waals surface area contributed by atoms with Gasteiger partial charge in [-0.2, -0.15) is 0 Å². The molecule has 0 bridgehead atoms. The molecule has 6 heteroatoms. The van der Waals surface area contributed by atoms with Gasteiger partial charge in [-0.05, 0) is 41.7 Å². The summed E-state index contributed by atoms with van der Waals surface area (Å²) in [5.74, 6) is 0.539. The van der Waals surface area contributed by atoms with E-state index in [0.717, 1.165) is 22.4 Å². The van der Waals surface area contributed by atoms with E-state index in [2.05, 4.69) is 5.32 Å². The highest BCUT2D eigenvalue weighted by molar-refractivity contribution is 5.88. The lowest BCUT2D eigenvalue weighted by atomic mass is 10.0. The van der Waals surface area contributed by atoms with Crippen LogP contribution in [0.15, 0.2) is 84.9 Å². The van der Waals surface area contributed by atoms with Crippen molar-refractivity contribution in [3.63, 3.8) is 0 Å². The van der Waals surface area contributed by atoms with Crippen LogP contribution in [0.5, 0.6) is 5.75 Å². The average molecular weight is 489 g/mol. The molecule has 36 heavy (non-hydrogen) atoms. The number of aryl methyl sites for hydroxylation is 1. The molecule has 3 aromatic carbocycles. The molecule has 0 fully saturated rings. The molecule has 6 nitrogen and oxygen atoms in total. The number of hydrogen-bond acceptors (Lipinski definition) is 4. The Bertz CT molecular complexity index is 1060. The average Bonchev–Trinajstić information content (AvgIpc) is 2.93. The zero-order chi connectivity index (χ0) is 25.6. The number of carbonyl (C=O) groups excluding carboxylic acids is 2. The number of carbonyl (C=O) groups is 2. The van der Waals surface area contributed by atoms with E-state index in [1.165, 1.54) is 0 Å². The van der Waals surface area contributed by atoms with Gasteiger partial charge in [0, 0.05) is 39.6 Å². The molecule has 0 spiro atoms. The fraction of sp³-hybridized carbons (Fsp3) is 0.333. The summed E-state index contributed by atoms with van der Waals surface area (Å²) < 4.78 is 10.4. The van der Waals surface area contributed by atoms with Crippen molar-refractivity contribution in [2.24, 2.45) is 0 Å². The van der Waals surface area contributed by atoms with E-state index in [1.807, 2.05) is 84.9 Å². The molecule has 3 rings (SSSR count). The third-order valence-electron chi connectivity index (χ3n) is 6.08. The van der Waals surface area contributed by atoms with Crippen LogP contribution in [0.2, 0.25) is 0 Å². The van der Waals surface area contributed by atoms with Crippen molar-refractivity contribution in [3.8, 4) is 5.75 Å². The Morgan fingerprint density at radius 3 is 2.08 bits per heavy atom. The van der Waals surface area contributed by atoms with Crippen LogP contribution >= 0.6 is 0 Å². The Hall–Kier alpha value is -3.64. The quantitative estimate of drug-likeness (QED) is 0.341. The van der Waals surface area contributed by atoms with Crippen molar-refractivity contribution in [3.05, 3.63) is 102 Å². The molecule has 0 heterocycles. The molecule has 0 aliphatic carbocycles. The Labute approximate surface area is 214 Å². The summed E-state index contributed by atoms with van der Waals surface area (Å²) in [5.41, 5.74) is 3.04. The molecule has 0 saturated carbocycles. The number of benzene rings is 3. The van der Waals surface area contributed by atoms with Crippen LogP contribution in [-0.4, -0.2) is 50.1 Å². The van der Waals surface area contributed by atoms with Gasteiger partial charge in [0.1, 0.15) is 11.8 Å². The first kappa shape index (κ1) is 27.0. The molecular weight excluding hydrogens is 452 g/mol. The molecule has 0 aliphatic rings. The number of ether oxygens (including phenoxy) is 2. The van der Waals surface area contributed by atoms with E-state index < -0.39 is 6.04 Å². The van der Waals surface area contributed by atoms with E-state index in [9.17, 15) is 9.59 Å². The minimum Gasteiger partial charge on any atom is -0.497 e. The summed E-state index contributed by atoms with van der Waals surface area (Å²) in [7, 11) is 3.26. The van der Waals surface area contributed by atoms with E-state index >= 15 is 0 Å². The van der Waals surface area contributed by atoms with Gasteiger partial charge in [0.2, 0.25) is 11.8 Å². The van der Waals surface area contributed by atoms with Crippen molar-refractivity contribution in [2.45, 2.75) is 38.3 Å². The summed E-state index contributed by atoms with van der Waals surface area (Å²) in [6.07, 6.45) is 2.08. The first-order valence-corrected chi connectivity index (χ1v) is 12.4. The normalized spacial score (nSPS) is 11.5. The Morgan fingerprint density at radius 1 is 0.833 bits per heavy atom. The molecule has 3 aromatic rings. The van der Waals surface area contributed by atoms with Gasteiger partial charge in [0.05, 0.1) is 7.11 Å². The zero-order valence-corrected chi connectivity index (χ0v) is 21.2. The SMILES string of the molecule is COCCCNC(=O)[C@H](Cc1ccccc1)N(Cc1ccc(OC)cc1)C(=O)CCc1ccccc1. The highest BCUT2D eigenvalue weighted by Crippen LogP contribution is 2.19. The fourth-order valence-corrected chi connectivity index (χ4v) is 4.07. The highest BCUT2D eigenvalue weighted by atomic mass is 16.5. The molecule has 1 N–H and O–H groups in total. The van der Waals surface area contributed by atoms with E-state index in [4.69, 9.17) is 9.47 Å². The lowest BCUT2D eigenvalue weighted by Gasteiger charge is -2.32. The summed E-state index contributed by atoms with van der Waals surface area (Å²) in [4.78, 5) is 28.8. The van der Waals surface area contributed by atoms with Crippen molar-refractivity contribution in [2.75, 3.05) is 27.4 Å². The van der Waals surface area contributed by atoms with Crippen LogP contribution in [0, 0.1) is 0 Å². The van der Waals surface area contributed by atoms with E-state index in [0.29, 0.717) is 45.4 Å². The zero-order valence-electron chi connectivity index (χ0n) is 21.2. The molecule has 0 aliphatic heterocycles. The number of rotatable bonds is 14. The van der Waals surface area contributed by atoms with Crippen LogP contribution in [0.4, 0.5) is 0 Å². The molecular formula is C30H36N2O4. The Kier molecular flexibility index (Phi) is 11.0. The molecule has 1 atom stereocenters. The van der Waals surface area contributed by atoms with Gasteiger partial charge in [-0.25, -0.2) is 0 Å². The number of nitrogens with one attached hydrogen (secondary N) is 1. The summed E-state index contributed by atoms with van der Waals surface area (Å²) in [6, 6.07) is 26.8. The Balaban J connectivity index is 1.86. The van der Waals surface area contributed by atoms with Crippen molar-refractivity contribution < 1.29 is 19.1 Å². The number of amides is 2. The maximum Gasteiger partial charge on any atom is 0.243 e. The van der Waals surface area contributed by atoms with Gasteiger partial charge in [-0.1, -0.05) is 72.8 Å². The third kappa shape index (κ3) is 8.54. The fourth-order valence-electron chi connectivity index (χ4n) is 4.07. The monoisotopic (exact) mass is 488 g/mol. The lowest BCUT2D eigenvalue weighted by molar-refractivity contribution is -0.141. The van der Waals surface area contributed by atoms with Crippen LogP contribution in [0.1, 0.15) is 29.5 Å². The van der Waals surface area contributed by atoms with Gasteiger partial charge in [0.15, 0.2) is 0 Å². The van der Waals surface area contributed by atoms with Gasteiger partial charge in [0.25, 0.3) is 0 Å². The largest absolute Gasteiger partial charge is 0.497 e. The minimum atomic E-state index is -0.639. The van der Waals surface area contributed by atoms with Crippen LogP contribution in [0.3, 0.4) is 0 Å². The predicted molar refractivity (Wildman–Crippen MR) is 142 cm³/mol. The smallest absolute Gasteiger partial charge is 0.243 e. The molecule has 0 radical (unpaired) electrons. The molecule has 0 unspecified atom stereocenters. The topological polar surface area (TPSA) is 67.9 Å². The summed E-state index contributed by atoms with van der Waals surface area (Å²) >= 11 is 0. The first-order chi connectivity index (χ1) is 17.6. The standard InChI is InChI=1S/C30H36N2O4/c1-35-21-9-20-31-30(34)28(22-25-12-7-4-8-13-25)32(23-26-14-17-27(36-2)18-15-26)29(33)19-16-24-10-5-3-6-11-24/h3-8,10-15,17-18,28H,9,16,19-23H2,1-2H3,(H,31,34)/t28-/m0/s1. The van der Waals surface area contributed by atoms with E-state index in [-0.39, 0.29) is 11.8 Å². The number of hydrogen-bond donors (Lipinski definition) is 1. The van der Waals surface area contributed by atoms with Crippen molar-refractivity contribution in [1.82, 2.24) is 10.2 Å². The number of methoxy groups -OCH3 is 2. The second kappa shape index (κ2) is 14.7. The minimum absolute atomic E-state index is 0.0531. The van der Waals surface area contributed by atoms with Gasteiger partial charge >= 0.3 is 0 Å². The van der Waals surface area contributed by atoms with Crippen LogP contribution in [0.25, 0.3) is 0 Å². The highest BCUT2D eigenvalue weighted by Gasteiger charge is 2.30. The van der Waals surface area contributed by atoms with Crippen molar-refractivity contribution in [1.29, 1.82) is 0 Å². The molecule has 190 valence electrons. The Morgan fingerprint density at radius 2 is 1.47 bits per heavy atom. The molecule has 0 saturated heterocycles. The lowest BCUT2D eigenvalue weighted by Crippen LogP contribution is -2.50. The number of nitrogens with zero attached hydrogens (tertiary/aromatic N) is 1. The predicted octanol–water partition coefficient (Wildman–Crippen LogP) is 4.42. The van der Waals surface area contributed by atoms with Gasteiger partial charge in [-0.3, -0.25) is 9.59 Å². The second-order valence-corrected chi connectivity index (χ2v) is 8.70. The van der Waals surface area contributed by atoms with Crippen LogP contribution < -0.4 is 10.1 Å². The summed E-state index contributed by atoms with van der Waals surface area (Å²) in [6.45, 7) is 1.39. The van der Waals surface area contributed by atoms with E-state index in [1.54, 1.807) is 19.1 Å². The van der Waals surface area contributed by atoms with Crippen LogP contribution in [-0.2, 0) is 33.7 Å². The molecule has 2 amide bonds. The maximum atomic E-state index is 13.7. The second-order valence-electron chi connectivity index (χ2n) is 8.70. The maximum absolute atomic E-state index is 13.7. The van der Waals surface area contributed by atoms with Gasteiger partial charge in [-0.15, -0.1) is 0 Å². The molecule has 0 aromatic heterocycles. The van der Waals surface area contributed by atoms with Gasteiger partial charge < -0.3 is 19.7 Å². The third-order valence-corrected chi connectivity index (χ3v) is 6.08.